The van der Waals surface area contributed by atoms with Crippen LogP contribution < -0.4 is 10.6 Å². The molecule has 6 heteroatoms. The van der Waals surface area contributed by atoms with Crippen molar-refractivity contribution in [3.8, 4) is 0 Å². The predicted octanol–water partition coefficient (Wildman–Crippen LogP) is 2.22. The van der Waals surface area contributed by atoms with Crippen LogP contribution in [0.3, 0.4) is 0 Å². The number of aryl methyl sites for hydroxylation is 2. The van der Waals surface area contributed by atoms with E-state index in [9.17, 15) is 9.59 Å². The van der Waals surface area contributed by atoms with Crippen LogP contribution in [0.15, 0.2) is 36.9 Å². The third-order valence-electron chi connectivity index (χ3n) is 3.72. The molecule has 0 bridgehead atoms. The number of amides is 2. The largest absolute Gasteiger partial charge is 0.338 e. The minimum Gasteiger partial charge on any atom is -0.338 e. The number of rotatable bonds is 5. The first-order valence-corrected chi connectivity index (χ1v) is 7.39. The fourth-order valence-corrected chi connectivity index (χ4v) is 2.59. The minimum absolute atomic E-state index is 0.186. The maximum absolute atomic E-state index is 11.8. The number of urea groups is 1. The Hall–Kier alpha value is -2.63. The lowest BCUT2D eigenvalue weighted by molar-refractivity contribution is 0.0994. The summed E-state index contributed by atoms with van der Waals surface area (Å²) < 4.78 is 1.97. The monoisotopic (exact) mass is 298 g/mol. The van der Waals surface area contributed by atoms with Gasteiger partial charge in [0.25, 0.3) is 0 Å². The maximum atomic E-state index is 11.8. The number of fused-ring (bicyclic) bond motifs is 1. The molecule has 2 N–H and O–H groups in total. The Morgan fingerprint density at radius 1 is 1.32 bits per heavy atom. The van der Waals surface area contributed by atoms with Crippen LogP contribution in [0.1, 0.15) is 28.8 Å². The van der Waals surface area contributed by atoms with Crippen LogP contribution in [0.2, 0.25) is 0 Å². The van der Waals surface area contributed by atoms with Gasteiger partial charge in [0.15, 0.2) is 5.78 Å². The molecule has 1 aliphatic rings. The SMILES string of the molecule is O=C(NCCCn1ccnc1)Nc1ccc2c(c1)CCC2=O. The summed E-state index contributed by atoms with van der Waals surface area (Å²) in [5.74, 6) is 0.186. The normalized spacial score (nSPS) is 13.0. The molecule has 1 aromatic heterocycles. The summed E-state index contributed by atoms with van der Waals surface area (Å²) in [7, 11) is 0. The molecule has 0 saturated carbocycles. The highest BCUT2D eigenvalue weighted by Gasteiger charge is 2.19. The summed E-state index contributed by atoms with van der Waals surface area (Å²) >= 11 is 0. The molecule has 1 aromatic carbocycles. The Balaban J connectivity index is 1.45. The van der Waals surface area contributed by atoms with Crippen molar-refractivity contribution in [2.24, 2.45) is 0 Å². The molecule has 2 amide bonds. The van der Waals surface area contributed by atoms with E-state index in [-0.39, 0.29) is 11.8 Å². The number of nitrogens with one attached hydrogen (secondary N) is 2. The van der Waals surface area contributed by atoms with Crippen LogP contribution in [-0.2, 0) is 13.0 Å². The van der Waals surface area contributed by atoms with Crippen molar-refractivity contribution in [1.29, 1.82) is 0 Å². The number of carbonyl (C=O) groups excluding carboxylic acids is 2. The third kappa shape index (κ3) is 3.33. The summed E-state index contributed by atoms with van der Waals surface area (Å²) in [5, 5.41) is 5.62. The summed E-state index contributed by atoms with van der Waals surface area (Å²) in [4.78, 5) is 27.4. The quantitative estimate of drug-likeness (QED) is 0.831. The van der Waals surface area contributed by atoms with Gasteiger partial charge in [-0.2, -0.15) is 0 Å². The van der Waals surface area contributed by atoms with Gasteiger partial charge in [-0.25, -0.2) is 9.78 Å². The number of hydrogen-bond acceptors (Lipinski definition) is 3. The van der Waals surface area contributed by atoms with Gasteiger partial charge in [0.2, 0.25) is 0 Å². The predicted molar refractivity (Wildman–Crippen MR) is 83.0 cm³/mol. The van der Waals surface area contributed by atoms with Gasteiger partial charge >= 0.3 is 6.03 Å². The molecule has 6 nitrogen and oxygen atoms in total. The average molecular weight is 298 g/mol. The zero-order valence-corrected chi connectivity index (χ0v) is 12.2. The number of carbonyl (C=O) groups is 2. The Morgan fingerprint density at radius 2 is 2.23 bits per heavy atom. The van der Waals surface area contributed by atoms with Crippen LogP contribution in [0, 0.1) is 0 Å². The van der Waals surface area contributed by atoms with E-state index in [4.69, 9.17) is 0 Å². The fraction of sp³-hybridized carbons (Fsp3) is 0.312. The van der Waals surface area contributed by atoms with Gasteiger partial charge in [-0.1, -0.05) is 0 Å². The summed E-state index contributed by atoms with van der Waals surface area (Å²) in [6.07, 6.45) is 7.55. The molecule has 0 unspecified atom stereocenters. The van der Waals surface area contributed by atoms with Crippen LogP contribution in [0.5, 0.6) is 0 Å². The lowest BCUT2D eigenvalue weighted by atomic mass is 10.1. The van der Waals surface area contributed by atoms with E-state index in [2.05, 4.69) is 15.6 Å². The molecule has 0 spiro atoms. The minimum atomic E-state index is -0.227. The molecule has 0 radical (unpaired) electrons. The van der Waals surface area contributed by atoms with Gasteiger partial charge < -0.3 is 15.2 Å². The molecule has 0 saturated heterocycles. The number of anilines is 1. The summed E-state index contributed by atoms with van der Waals surface area (Å²) in [6.45, 7) is 1.41. The number of hydrogen-bond donors (Lipinski definition) is 2. The van der Waals surface area contributed by atoms with Crippen molar-refractivity contribution in [3.05, 3.63) is 48.0 Å². The molecule has 1 heterocycles. The molecule has 0 fully saturated rings. The van der Waals surface area contributed by atoms with Crippen LogP contribution >= 0.6 is 0 Å². The van der Waals surface area contributed by atoms with Gasteiger partial charge in [0.05, 0.1) is 6.33 Å². The second kappa shape index (κ2) is 6.43. The highest BCUT2D eigenvalue weighted by Crippen LogP contribution is 2.24. The van der Waals surface area contributed by atoms with Gasteiger partial charge in [0.1, 0.15) is 0 Å². The van der Waals surface area contributed by atoms with Crippen molar-refractivity contribution >= 4 is 17.5 Å². The average Bonchev–Trinajstić information content (AvgIpc) is 3.14. The van der Waals surface area contributed by atoms with Crippen molar-refractivity contribution in [1.82, 2.24) is 14.9 Å². The van der Waals surface area contributed by atoms with E-state index in [0.717, 1.165) is 36.2 Å². The molecular formula is C16H18N4O2. The molecule has 114 valence electrons. The molecule has 1 aliphatic carbocycles. The van der Waals surface area contributed by atoms with Crippen molar-refractivity contribution in [2.45, 2.75) is 25.8 Å². The van der Waals surface area contributed by atoms with E-state index in [1.165, 1.54) is 0 Å². The van der Waals surface area contributed by atoms with Gasteiger partial charge in [0, 0.05) is 43.2 Å². The lowest BCUT2D eigenvalue weighted by Crippen LogP contribution is -2.30. The number of ketones is 1. The first kappa shape index (κ1) is 14.3. The molecule has 0 atom stereocenters. The summed E-state index contributed by atoms with van der Waals surface area (Å²) in [5.41, 5.74) is 2.52. The zero-order chi connectivity index (χ0) is 15.4. The number of imidazole rings is 1. The second-order valence-corrected chi connectivity index (χ2v) is 5.33. The van der Waals surface area contributed by atoms with Crippen LogP contribution in [0.4, 0.5) is 10.5 Å². The Kier molecular flexibility index (Phi) is 4.18. The Morgan fingerprint density at radius 3 is 3.05 bits per heavy atom. The standard InChI is InChI=1S/C16H18N4O2/c21-15-5-2-12-10-13(3-4-14(12)15)19-16(22)18-6-1-8-20-9-7-17-11-20/h3-4,7,9-11H,1-2,5-6,8H2,(H2,18,19,22). The molecule has 3 rings (SSSR count). The first-order chi connectivity index (χ1) is 10.7. The molecule has 0 aliphatic heterocycles. The van der Waals surface area contributed by atoms with Crippen molar-refractivity contribution in [2.75, 3.05) is 11.9 Å². The smallest absolute Gasteiger partial charge is 0.319 e. The third-order valence-corrected chi connectivity index (χ3v) is 3.72. The fourth-order valence-electron chi connectivity index (χ4n) is 2.59. The first-order valence-electron chi connectivity index (χ1n) is 7.39. The Bertz CT molecular complexity index is 679. The second-order valence-electron chi connectivity index (χ2n) is 5.33. The zero-order valence-electron chi connectivity index (χ0n) is 12.2. The molecular weight excluding hydrogens is 280 g/mol. The van der Waals surface area contributed by atoms with Crippen LogP contribution in [0.25, 0.3) is 0 Å². The van der Waals surface area contributed by atoms with E-state index >= 15 is 0 Å². The van der Waals surface area contributed by atoms with Crippen LogP contribution in [-0.4, -0.2) is 27.9 Å². The topological polar surface area (TPSA) is 76.0 Å². The summed E-state index contributed by atoms with van der Waals surface area (Å²) in [6, 6.07) is 5.22. The van der Waals surface area contributed by atoms with E-state index < -0.39 is 0 Å². The highest BCUT2D eigenvalue weighted by molar-refractivity contribution is 6.01. The lowest BCUT2D eigenvalue weighted by Gasteiger charge is -2.09. The van der Waals surface area contributed by atoms with E-state index in [1.54, 1.807) is 24.7 Å². The highest BCUT2D eigenvalue weighted by atomic mass is 16.2. The van der Waals surface area contributed by atoms with Crippen molar-refractivity contribution < 1.29 is 9.59 Å². The van der Waals surface area contributed by atoms with Gasteiger partial charge in [-0.05, 0) is 36.6 Å². The number of nitrogens with zero attached hydrogens (tertiary/aromatic N) is 2. The van der Waals surface area contributed by atoms with Gasteiger partial charge in [-0.15, -0.1) is 0 Å². The van der Waals surface area contributed by atoms with E-state index in [1.807, 2.05) is 16.8 Å². The number of benzene rings is 1. The molecule has 2 aromatic rings. The van der Waals surface area contributed by atoms with Gasteiger partial charge in [-0.3, -0.25) is 4.79 Å². The van der Waals surface area contributed by atoms with Crippen molar-refractivity contribution in [3.63, 3.8) is 0 Å². The number of aromatic nitrogens is 2. The Labute approximate surface area is 128 Å². The maximum Gasteiger partial charge on any atom is 0.319 e. The van der Waals surface area contributed by atoms with E-state index in [0.29, 0.717) is 13.0 Å². The molecule has 22 heavy (non-hydrogen) atoms. The number of Topliss-reactive ketones (excluding diaryl/α,β-unsaturated/α-hetero) is 1.